The van der Waals surface area contributed by atoms with Crippen molar-refractivity contribution in [1.29, 1.82) is 0 Å². The summed E-state index contributed by atoms with van der Waals surface area (Å²) in [4.78, 5) is 19.0. The quantitative estimate of drug-likeness (QED) is 0.498. The Labute approximate surface area is 174 Å². The molecule has 0 aliphatic rings. The number of nitrogens with zero attached hydrogens (tertiary/aromatic N) is 4. The average Bonchev–Trinajstić information content (AvgIpc) is 3.20. The van der Waals surface area contributed by atoms with Gasteiger partial charge in [0.2, 0.25) is 5.89 Å². The summed E-state index contributed by atoms with van der Waals surface area (Å²) in [7, 11) is 1.54. The molecular formula is C19H12Cl2N4O4. The van der Waals surface area contributed by atoms with Crippen molar-refractivity contribution in [2.45, 2.75) is 6.42 Å². The van der Waals surface area contributed by atoms with Crippen LogP contribution in [0.5, 0.6) is 5.75 Å². The van der Waals surface area contributed by atoms with Gasteiger partial charge in [-0.2, -0.15) is 5.10 Å². The van der Waals surface area contributed by atoms with Crippen LogP contribution in [0.3, 0.4) is 0 Å². The van der Waals surface area contributed by atoms with Crippen molar-refractivity contribution in [2.75, 3.05) is 7.11 Å². The highest BCUT2D eigenvalue weighted by Crippen LogP contribution is 2.33. The van der Waals surface area contributed by atoms with Crippen molar-refractivity contribution in [1.82, 2.24) is 20.2 Å². The number of rotatable bonds is 5. The molecule has 3 aromatic heterocycles. The van der Waals surface area contributed by atoms with Gasteiger partial charge in [-0.3, -0.25) is 4.98 Å². The molecule has 4 rings (SSSR count). The lowest BCUT2D eigenvalue weighted by Gasteiger charge is -2.11. The summed E-state index contributed by atoms with van der Waals surface area (Å²) < 4.78 is 10.6. The SMILES string of the molecule is COc1ccc2c(Cc3c(Cl)cncc3Cl)nnc(-c3nc(C(=O)O)co3)c2c1. The molecule has 146 valence electrons. The first-order valence-electron chi connectivity index (χ1n) is 8.28. The zero-order chi connectivity index (χ0) is 20.5. The topological polar surface area (TPSA) is 111 Å². The van der Waals surface area contributed by atoms with Crippen LogP contribution in [-0.4, -0.2) is 38.4 Å². The number of carboxylic acids is 1. The predicted octanol–water partition coefficient (Wildman–Crippen LogP) is 4.28. The van der Waals surface area contributed by atoms with Crippen LogP contribution in [-0.2, 0) is 6.42 Å². The maximum absolute atomic E-state index is 11.1. The van der Waals surface area contributed by atoms with Gasteiger partial charge in [0.05, 0.1) is 22.8 Å². The highest BCUT2D eigenvalue weighted by molar-refractivity contribution is 6.35. The second-order valence-electron chi connectivity index (χ2n) is 6.01. The lowest BCUT2D eigenvalue weighted by molar-refractivity contribution is 0.0690. The third kappa shape index (κ3) is 3.59. The third-order valence-corrected chi connectivity index (χ3v) is 4.94. The molecule has 0 aliphatic carbocycles. The van der Waals surface area contributed by atoms with Gasteiger partial charge >= 0.3 is 5.97 Å². The van der Waals surface area contributed by atoms with Gasteiger partial charge in [0.25, 0.3) is 0 Å². The van der Waals surface area contributed by atoms with Crippen LogP contribution in [0, 0.1) is 0 Å². The molecule has 3 heterocycles. The number of hydrogen-bond donors (Lipinski definition) is 1. The second kappa shape index (κ2) is 7.65. The number of carbonyl (C=O) groups is 1. The number of aromatic carboxylic acids is 1. The van der Waals surface area contributed by atoms with Gasteiger partial charge in [0.1, 0.15) is 12.0 Å². The van der Waals surface area contributed by atoms with E-state index in [-0.39, 0.29) is 11.6 Å². The number of pyridine rings is 1. The molecule has 1 aromatic carbocycles. The lowest BCUT2D eigenvalue weighted by Crippen LogP contribution is -2.02. The zero-order valence-electron chi connectivity index (χ0n) is 14.9. The number of fused-ring (bicyclic) bond motifs is 1. The van der Waals surface area contributed by atoms with Crippen LogP contribution in [0.2, 0.25) is 10.0 Å². The largest absolute Gasteiger partial charge is 0.497 e. The first-order chi connectivity index (χ1) is 14.0. The van der Waals surface area contributed by atoms with Crippen LogP contribution in [0.25, 0.3) is 22.4 Å². The van der Waals surface area contributed by atoms with E-state index in [0.717, 1.165) is 11.6 Å². The lowest BCUT2D eigenvalue weighted by atomic mass is 10.0. The van der Waals surface area contributed by atoms with Gasteiger partial charge in [0, 0.05) is 29.6 Å². The van der Waals surface area contributed by atoms with Gasteiger partial charge in [-0.05, 0) is 23.8 Å². The van der Waals surface area contributed by atoms with Crippen molar-refractivity contribution in [3.63, 3.8) is 0 Å². The number of carboxylic acid groups (broad SMARTS) is 1. The van der Waals surface area contributed by atoms with Crippen molar-refractivity contribution in [3.8, 4) is 17.3 Å². The minimum Gasteiger partial charge on any atom is -0.497 e. The van der Waals surface area contributed by atoms with Gasteiger partial charge < -0.3 is 14.3 Å². The number of methoxy groups -OCH3 is 1. The first kappa shape index (κ1) is 19.1. The fourth-order valence-electron chi connectivity index (χ4n) is 2.86. The molecule has 8 nitrogen and oxygen atoms in total. The molecule has 0 fully saturated rings. The Morgan fingerprint density at radius 3 is 2.59 bits per heavy atom. The van der Waals surface area contributed by atoms with Crippen molar-refractivity contribution in [2.24, 2.45) is 0 Å². The number of hydrogen-bond acceptors (Lipinski definition) is 7. The smallest absolute Gasteiger partial charge is 0.357 e. The van der Waals surface area contributed by atoms with E-state index in [1.807, 2.05) is 6.07 Å². The normalized spacial score (nSPS) is 11.0. The molecule has 4 aromatic rings. The molecule has 0 spiro atoms. The first-order valence-corrected chi connectivity index (χ1v) is 9.04. The third-order valence-electron chi connectivity index (χ3n) is 4.29. The fraction of sp³-hybridized carbons (Fsp3) is 0.105. The molecule has 0 saturated heterocycles. The summed E-state index contributed by atoms with van der Waals surface area (Å²) in [5, 5.41) is 19.8. The molecule has 1 N–H and O–H groups in total. The van der Waals surface area contributed by atoms with E-state index in [1.54, 1.807) is 19.2 Å². The Morgan fingerprint density at radius 2 is 1.93 bits per heavy atom. The van der Waals surface area contributed by atoms with Gasteiger partial charge in [-0.1, -0.05) is 23.2 Å². The molecule has 0 radical (unpaired) electrons. The van der Waals surface area contributed by atoms with Gasteiger partial charge in [-0.15, -0.1) is 5.10 Å². The summed E-state index contributed by atoms with van der Waals surface area (Å²) in [6, 6.07) is 5.36. The van der Waals surface area contributed by atoms with E-state index in [9.17, 15) is 4.79 Å². The minimum absolute atomic E-state index is 0.0414. The van der Waals surface area contributed by atoms with E-state index < -0.39 is 5.97 Å². The number of ether oxygens (including phenoxy) is 1. The summed E-state index contributed by atoms with van der Waals surface area (Å²) in [5.74, 6) is -0.573. The maximum Gasteiger partial charge on any atom is 0.357 e. The van der Waals surface area contributed by atoms with Crippen LogP contribution < -0.4 is 4.74 Å². The molecule has 0 amide bonds. The van der Waals surface area contributed by atoms with E-state index in [1.165, 1.54) is 12.4 Å². The number of oxazole rings is 1. The highest BCUT2D eigenvalue weighted by Gasteiger charge is 2.19. The van der Waals surface area contributed by atoms with E-state index in [4.69, 9.17) is 37.5 Å². The summed E-state index contributed by atoms with van der Waals surface area (Å²) in [6.07, 6.45) is 4.39. The second-order valence-corrected chi connectivity index (χ2v) is 6.82. The summed E-state index contributed by atoms with van der Waals surface area (Å²) in [6.45, 7) is 0. The average molecular weight is 431 g/mol. The molecule has 0 saturated carbocycles. The van der Waals surface area contributed by atoms with E-state index >= 15 is 0 Å². The Hall–Kier alpha value is -3.23. The van der Waals surface area contributed by atoms with Crippen LogP contribution >= 0.6 is 23.2 Å². The Morgan fingerprint density at radius 1 is 1.17 bits per heavy atom. The molecule has 0 atom stereocenters. The Balaban J connectivity index is 1.89. The standard InChI is InChI=1S/C19H12Cl2N4O4/c1-28-9-2-3-10-11(4-9)17(18-23-16(8-29-18)19(26)27)25-24-15(10)5-12-13(20)6-22-7-14(12)21/h2-4,6-8H,5H2,1H3,(H,26,27). The molecule has 0 unspecified atom stereocenters. The zero-order valence-corrected chi connectivity index (χ0v) is 16.4. The van der Waals surface area contributed by atoms with Crippen LogP contribution in [0.15, 0.2) is 41.3 Å². The Bertz CT molecular complexity index is 1220. The minimum atomic E-state index is -1.20. The van der Waals surface area contributed by atoms with E-state index in [2.05, 4.69) is 20.2 Å². The molecule has 10 heteroatoms. The molecular weight excluding hydrogens is 419 g/mol. The Kier molecular flexibility index (Phi) is 5.04. The summed E-state index contributed by atoms with van der Waals surface area (Å²) >= 11 is 12.5. The van der Waals surface area contributed by atoms with Crippen LogP contribution in [0.4, 0.5) is 0 Å². The molecule has 0 aliphatic heterocycles. The number of aromatic nitrogens is 4. The summed E-state index contributed by atoms with van der Waals surface area (Å²) in [5.41, 5.74) is 1.36. The van der Waals surface area contributed by atoms with Crippen molar-refractivity contribution in [3.05, 3.63) is 63.9 Å². The molecule has 0 bridgehead atoms. The van der Waals surface area contributed by atoms with Gasteiger partial charge in [-0.25, -0.2) is 9.78 Å². The van der Waals surface area contributed by atoms with Gasteiger partial charge in [0.15, 0.2) is 11.4 Å². The highest BCUT2D eigenvalue weighted by atomic mass is 35.5. The fourth-order valence-corrected chi connectivity index (χ4v) is 3.36. The monoisotopic (exact) mass is 430 g/mol. The number of benzene rings is 1. The number of halogens is 2. The van der Waals surface area contributed by atoms with Crippen LogP contribution in [0.1, 0.15) is 21.7 Å². The van der Waals surface area contributed by atoms with E-state index in [0.29, 0.717) is 44.6 Å². The maximum atomic E-state index is 11.1. The molecule has 29 heavy (non-hydrogen) atoms. The predicted molar refractivity (Wildman–Crippen MR) is 106 cm³/mol. The van der Waals surface area contributed by atoms with Crippen molar-refractivity contribution < 1.29 is 19.1 Å². The van der Waals surface area contributed by atoms with Crippen molar-refractivity contribution >= 4 is 39.9 Å².